The van der Waals surface area contributed by atoms with Gasteiger partial charge in [0.05, 0.1) is 34.3 Å². The third-order valence-corrected chi connectivity index (χ3v) is 7.11. The van der Waals surface area contributed by atoms with Crippen molar-refractivity contribution in [2.75, 3.05) is 0 Å². The lowest BCUT2D eigenvalue weighted by molar-refractivity contribution is -0.118. The van der Waals surface area contributed by atoms with Crippen LogP contribution in [0.3, 0.4) is 0 Å². The second kappa shape index (κ2) is 6.34. The van der Waals surface area contributed by atoms with Gasteiger partial charge in [0.25, 0.3) is 5.91 Å². The molecule has 0 spiro atoms. The fourth-order valence-electron chi connectivity index (χ4n) is 5.91. The third-order valence-electron chi connectivity index (χ3n) is 7.11. The molecule has 3 aromatic carbocycles. The highest BCUT2D eigenvalue weighted by molar-refractivity contribution is 6.30. The van der Waals surface area contributed by atoms with E-state index in [0.29, 0.717) is 19.4 Å². The number of rotatable bonds is 1. The molecular weight excluding hydrogens is 402 g/mol. The summed E-state index contributed by atoms with van der Waals surface area (Å²) < 4.78 is 8.58. The van der Waals surface area contributed by atoms with Crippen LogP contribution in [0.25, 0.3) is 43.6 Å². The number of aromatic amines is 1. The fourth-order valence-corrected chi connectivity index (χ4v) is 5.91. The summed E-state index contributed by atoms with van der Waals surface area (Å²) in [5.41, 5.74) is 5.86. The molecule has 0 saturated carbocycles. The largest absolute Gasteiger partial charge is 0.393 e. The molecule has 4 heterocycles. The molecule has 1 fully saturated rings. The number of amides is 1. The minimum absolute atomic E-state index is 0.0296. The first-order chi connectivity index (χ1) is 15.6. The van der Waals surface area contributed by atoms with E-state index in [1.807, 2.05) is 31.2 Å². The maximum Gasteiger partial charge on any atom is 0.252 e. The smallest absolute Gasteiger partial charge is 0.252 e. The van der Waals surface area contributed by atoms with Crippen LogP contribution >= 0.6 is 0 Å². The van der Waals surface area contributed by atoms with Crippen molar-refractivity contribution in [2.45, 2.75) is 44.7 Å². The van der Waals surface area contributed by atoms with Gasteiger partial charge in [-0.2, -0.15) is 0 Å². The van der Waals surface area contributed by atoms with E-state index in [0.717, 1.165) is 54.7 Å². The van der Waals surface area contributed by atoms with Gasteiger partial charge in [0.2, 0.25) is 0 Å². The number of ether oxygens (including phenoxy) is 1. The number of hydrogen-bond acceptors (Lipinski definition) is 3. The fraction of sp³-hybridized carbons (Fsp3) is 0.269. The summed E-state index contributed by atoms with van der Waals surface area (Å²) in [6, 6.07) is 16.4. The Bertz CT molecular complexity index is 1570. The Hall–Kier alpha value is -3.35. The Labute approximate surface area is 183 Å². The lowest BCUT2D eigenvalue weighted by atomic mass is 9.97. The van der Waals surface area contributed by atoms with Gasteiger partial charge in [-0.25, -0.2) is 0 Å². The summed E-state index contributed by atoms with van der Waals surface area (Å²) in [7, 11) is 0. The Morgan fingerprint density at radius 2 is 1.81 bits per heavy atom. The molecule has 6 heteroatoms. The zero-order valence-corrected chi connectivity index (χ0v) is 17.7. The summed E-state index contributed by atoms with van der Waals surface area (Å²) in [6.07, 6.45) is 0.371. The van der Waals surface area contributed by atoms with Crippen molar-refractivity contribution < 1.29 is 14.6 Å². The van der Waals surface area contributed by atoms with Crippen molar-refractivity contribution in [3.63, 3.8) is 0 Å². The van der Waals surface area contributed by atoms with E-state index < -0.39 is 6.10 Å². The first-order valence-electron chi connectivity index (χ1n) is 11.2. The first kappa shape index (κ1) is 18.2. The van der Waals surface area contributed by atoms with E-state index in [4.69, 9.17) is 4.74 Å². The Balaban J connectivity index is 1.73. The van der Waals surface area contributed by atoms with Crippen molar-refractivity contribution in [3.8, 4) is 0 Å². The number of para-hydroxylation sites is 2. The van der Waals surface area contributed by atoms with Crippen LogP contribution in [0.15, 0.2) is 48.5 Å². The predicted molar refractivity (Wildman–Crippen MR) is 125 cm³/mol. The molecule has 3 N–H and O–H groups in total. The molecule has 2 aliphatic rings. The molecule has 5 aromatic rings. The number of aromatic nitrogens is 2. The summed E-state index contributed by atoms with van der Waals surface area (Å²) >= 11 is 0. The number of benzene rings is 3. The van der Waals surface area contributed by atoms with Crippen LogP contribution in [0, 0.1) is 0 Å². The molecule has 32 heavy (non-hydrogen) atoms. The molecule has 6 nitrogen and oxygen atoms in total. The zero-order valence-electron chi connectivity index (χ0n) is 17.7. The quantitative estimate of drug-likeness (QED) is 0.363. The van der Waals surface area contributed by atoms with E-state index >= 15 is 0 Å². The van der Waals surface area contributed by atoms with E-state index in [2.05, 4.69) is 39.1 Å². The van der Waals surface area contributed by atoms with Crippen molar-refractivity contribution in [1.82, 2.24) is 14.9 Å². The minimum Gasteiger partial charge on any atom is -0.393 e. The number of hydrogen-bond donors (Lipinski definition) is 3. The van der Waals surface area contributed by atoms with Crippen molar-refractivity contribution in [1.29, 1.82) is 0 Å². The molecule has 7 rings (SSSR count). The Kier molecular flexibility index (Phi) is 3.62. The molecule has 1 amide bonds. The van der Waals surface area contributed by atoms with Gasteiger partial charge in [0.15, 0.2) is 0 Å². The van der Waals surface area contributed by atoms with Gasteiger partial charge in [-0.05, 0) is 31.0 Å². The number of aliphatic hydroxyl groups excluding tert-OH is 1. The highest BCUT2D eigenvalue weighted by Crippen LogP contribution is 2.45. The van der Waals surface area contributed by atoms with E-state index in [1.165, 1.54) is 0 Å². The van der Waals surface area contributed by atoms with Gasteiger partial charge in [-0.15, -0.1) is 0 Å². The standard InChI is InChI=1S/C26H23N3O3/c1-13-10-14(30)11-20(32-13)29-19-9-5-3-7-16(19)22-23-17(12-27-26(23)31)21-15-6-2-4-8-18(15)28-24(21)25(22)29/h2-9,13-14,20,28,30H,10-12H2,1H3,(H,27,31)/t13?,14-,20+/m1/s1. The average Bonchev–Trinajstić information content (AvgIpc) is 3.44. The van der Waals surface area contributed by atoms with E-state index in [-0.39, 0.29) is 18.2 Å². The molecule has 1 unspecified atom stereocenters. The number of nitrogens with one attached hydrogen (secondary N) is 2. The van der Waals surface area contributed by atoms with Gasteiger partial charge < -0.3 is 24.7 Å². The van der Waals surface area contributed by atoms with Crippen LogP contribution in [-0.2, 0) is 11.3 Å². The highest BCUT2D eigenvalue weighted by Gasteiger charge is 2.34. The summed E-state index contributed by atoms with van der Waals surface area (Å²) in [6.45, 7) is 2.53. The molecule has 0 bridgehead atoms. The second-order valence-corrected chi connectivity index (χ2v) is 9.09. The van der Waals surface area contributed by atoms with Gasteiger partial charge in [-0.3, -0.25) is 4.79 Å². The summed E-state index contributed by atoms with van der Waals surface area (Å²) in [5, 5.41) is 17.8. The number of nitrogens with zero attached hydrogens (tertiary/aromatic N) is 1. The first-order valence-corrected chi connectivity index (χ1v) is 11.2. The Morgan fingerprint density at radius 3 is 2.66 bits per heavy atom. The third kappa shape index (κ3) is 2.28. The van der Waals surface area contributed by atoms with Gasteiger partial charge in [0, 0.05) is 40.0 Å². The van der Waals surface area contributed by atoms with Crippen LogP contribution in [0.2, 0.25) is 0 Å². The van der Waals surface area contributed by atoms with Crippen molar-refractivity contribution in [3.05, 3.63) is 59.7 Å². The van der Waals surface area contributed by atoms with Crippen LogP contribution in [0.4, 0.5) is 0 Å². The van der Waals surface area contributed by atoms with Crippen LogP contribution in [0.5, 0.6) is 0 Å². The molecule has 0 radical (unpaired) electrons. The van der Waals surface area contributed by atoms with Gasteiger partial charge in [-0.1, -0.05) is 36.4 Å². The molecule has 1 saturated heterocycles. The topological polar surface area (TPSA) is 79.3 Å². The highest BCUT2D eigenvalue weighted by atomic mass is 16.5. The normalized spacial score (nSPS) is 23.4. The lowest BCUT2D eigenvalue weighted by Crippen LogP contribution is -2.32. The summed E-state index contributed by atoms with van der Waals surface area (Å²) in [5.74, 6) is -0.0296. The monoisotopic (exact) mass is 425 g/mol. The molecule has 160 valence electrons. The van der Waals surface area contributed by atoms with E-state index in [9.17, 15) is 9.90 Å². The molecule has 3 atom stereocenters. The molecule has 2 aliphatic heterocycles. The van der Waals surface area contributed by atoms with Gasteiger partial charge >= 0.3 is 0 Å². The zero-order chi connectivity index (χ0) is 21.6. The number of H-pyrrole nitrogens is 1. The number of carbonyl (C=O) groups is 1. The molecule has 0 aliphatic carbocycles. The molecular formula is C26H23N3O3. The number of carbonyl (C=O) groups excluding carboxylic acids is 1. The van der Waals surface area contributed by atoms with Crippen molar-refractivity contribution in [2.24, 2.45) is 0 Å². The Morgan fingerprint density at radius 1 is 1.03 bits per heavy atom. The summed E-state index contributed by atoms with van der Waals surface area (Å²) in [4.78, 5) is 16.8. The maximum atomic E-state index is 13.1. The second-order valence-electron chi connectivity index (χ2n) is 9.09. The van der Waals surface area contributed by atoms with Crippen LogP contribution in [-0.4, -0.2) is 32.8 Å². The number of fused-ring (bicyclic) bond motifs is 10. The van der Waals surface area contributed by atoms with Crippen LogP contribution in [0.1, 0.15) is 41.9 Å². The molecule has 2 aromatic heterocycles. The SMILES string of the molecule is CC1C[C@@H](O)C[C@@H](n2c3ccccc3c3c4c(c5c6ccccc6[nH]c5c32)CNC4=O)O1. The van der Waals surface area contributed by atoms with Gasteiger partial charge in [0.1, 0.15) is 6.23 Å². The van der Waals surface area contributed by atoms with E-state index in [1.54, 1.807) is 0 Å². The van der Waals surface area contributed by atoms with Crippen LogP contribution < -0.4 is 5.32 Å². The maximum absolute atomic E-state index is 13.1. The minimum atomic E-state index is -0.420. The lowest BCUT2D eigenvalue weighted by Gasteiger charge is -2.33. The number of aliphatic hydroxyl groups is 1. The average molecular weight is 425 g/mol. The predicted octanol–water partition coefficient (Wildman–Crippen LogP) is 4.73. The van der Waals surface area contributed by atoms with Crippen molar-refractivity contribution >= 4 is 49.5 Å².